The van der Waals surface area contributed by atoms with Gasteiger partial charge in [0.25, 0.3) is 0 Å². The summed E-state index contributed by atoms with van der Waals surface area (Å²) >= 11 is 0. The Kier molecular flexibility index (Phi) is 6.02. The molecule has 5 heteroatoms. The minimum absolute atomic E-state index is 0.146. The largest absolute Gasteiger partial charge is 0.493 e. The number of Topliss-reactive ketones (excluding diaryl/α,β-unsaturated/α-hetero) is 1. The minimum Gasteiger partial charge on any atom is -0.493 e. The molecule has 2 rings (SSSR count). The summed E-state index contributed by atoms with van der Waals surface area (Å²) in [4.78, 5) is 14.6. The SMILES string of the molecule is COc1ccc(C(=O)CCN2CCCNCC2)cc1OC. The molecule has 0 saturated carbocycles. The van der Waals surface area contributed by atoms with Crippen molar-refractivity contribution in [2.75, 3.05) is 46.9 Å². The maximum atomic E-state index is 12.3. The van der Waals surface area contributed by atoms with Crippen LogP contribution in [-0.2, 0) is 0 Å². The number of hydrogen-bond acceptors (Lipinski definition) is 5. The number of carbonyl (C=O) groups is 1. The zero-order chi connectivity index (χ0) is 15.1. The lowest BCUT2D eigenvalue weighted by Crippen LogP contribution is -2.30. The second-order valence-electron chi connectivity index (χ2n) is 5.19. The lowest BCUT2D eigenvalue weighted by molar-refractivity contribution is 0.0965. The normalized spacial score (nSPS) is 16.3. The highest BCUT2D eigenvalue weighted by Crippen LogP contribution is 2.27. The predicted molar refractivity (Wildman–Crippen MR) is 82.4 cm³/mol. The Labute approximate surface area is 126 Å². The molecule has 0 unspecified atom stereocenters. The molecule has 0 aliphatic carbocycles. The summed E-state index contributed by atoms with van der Waals surface area (Å²) in [6, 6.07) is 5.33. The summed E-state index contributed by atoms with van der Waals surface area (Å²) in [5.41, 5.74) is 0.681. The van der Waals surface area contributed by atoms with E-state index in [1.54, 1.807) is 32.4 Å². The van der Waals surface area contributed by atoms with Crippen LogP contribution >= 0.6 is 0 Å². The van der Waals surface area contributed by atoms with Crippen LogP contribution in [0.4, 0.5) is 0 Å². The van der Waals surface area contributed by atoms with Gasteiger partial charge in [-0.1, -0.05) is 0 Å². The lowest BCUT2D eigenvalue weighted by atomic mass is 10.1. The van der Waals surface area contributed by atoms with Crippen molar-refractivity contribution < 1.29 is 14.3 Å². The molecule has 1 aliphatic rings. The number of rotatable bonds is 6. The Morgan fingerprint density at radius 3 is 2.76 bits per heavy atom. The second-order valence-corrected chi connectivity index (χ2v) is 5.19. The van der Waals surface area contributed by atoms with Crippen molar-refractivity contribution in [3.63, 3.8) is 0 Å². The fourth-order valence-electron chi connectivity index (χ4n) is 2.54. The Balaban J connectivity index is 1.93. The number of nitrogens with one attached hydrogen (secondary N) is 1. The van der Waals surface area contributed by atoms with Crippen LogP contribution in [0.3, 0.4) is 0 Å². The maximum Gasteiger partial charge on any atom is 0.164 e. The monoisotopic (exact) mass is 292 g/mol. The maximum absolute atomic E-state index is 12.3. The Bertz CT molecular complexity index is 469. The highest BCUT2D eigenvalue weighted by Gasteiger charge is 2.13. The van der Waals surface area contributed by atoms with Gasteiger partial charge in [0.2, 0.25) is 0 Å². The zero-order valence-corrected chi connectivity index (χ0v) is 12.9. The van der Waals surface area contributed by atoms with Gasteiger partial charge < -0.3 is 19.7 Å². The van der Waals surface area contributed by atoms with Crippen molar-refractivity contribution in [1.82, 2.24) is 10.2 Å². The van der Waals surface area contributed by atoms with Crippen molar-refractivity contribution >= 4 is 5.78 Å². The molecule has 1 N–H and O–H groups in total. The van der Waals surface area contributed by atoms with Crippen LogP contribution in [0, 0.1) is 0 Å². The molecule has 1 fully saturated rings. The summed E-state index contributed by atoms with van der Waals surface area (Å²) in [5, 5.41) is 3.37. The number of ether oxygens (including phenoxy) is 2. The van der Waals surface area contributed by atoms with Gasteiger partial charge in [0.1, 0.15) is 0 Å². The molecule has 21 heavy (non-hydrogen) atoms. The van der Waals surface area contributed by atoms with Gasteiger partial charge in [-0.25, -0.2) is 0 Å². The molecular formula is C16H24N2O3. The topological polar surface area (TPSA) is 50.8 Å². The average Bonchev–Trinajstić information content (AvgIpc) is 2.80. The van der Waals surface area contributed by atoms with Crippen molar-refractivity contribution in [2.45, 2.75) is 12.8 Å². The molecule has 5 nitrogen and oxygen atoms in total. The van der Waals surface area contributed by atoms with Gasteiger partial charge in [-0.05, 0) is 37.7 Å². The molecule has 0 spiro atoms. The molecule has 0 atom stereocenters. The van der Waals surface area contributed by atoms with Crippen molar-refractivity contribution in [1.29, 1.82) is 0 Å². The third-order valence-corrected chi connectivity index (χ3v) is 3.79. The van der Waals surface area contributed by atoms with Gasteiger partial charge in [0.05, 0.1) is 14.2 Å². The van der Waals surface area contributed by atoms with Gasteiger partial charge in [0, 0.05) is 31.6 Å². The highest BCUT2D eigenvalue weighted by molar-refractivity contribution is 5.96. The number of benzene rings is 1. The lowest BCUT2D eigenvalue weighted by Gasteiger charge is -2.18. The van der Waals surface area contributed by atoms with Crippen LogP contribution in [0.25, 0.3) is 0 Å². The fourth-order valence-corrected chi connectivity index (χ4v) is 2.54. The predicted octanol–water partition coefficient (Wildman–Crippen LogP) is 1.57. The third kappa shape index (κ3) is 4.44. The van der Waals surface area contributed by atoms with Crippen LogP contribution in [0.5, 0.6) is 11.5 Å². The second kappa shape index (κ2) is 8.00. The van der Waals surface area contributed by atoms with Gasteiger partial charge >= 0.3 is 0 Å². The summed E-state index contributed by atoms with van der Waals surface area (Å²) in [7, 11) is 3.17. The van der Waals surface area contributed by atoms with Gasteiger partial charge in [-0.15, -0.1) is 0 Å². The average molecular weight is 292 g/mol. The van der Waals surface area contributed by atoms with Crippen LogP contribution in [0.15, 0.2) is 18.2 Å². The van der Waals surface area contributed by atoms with E-state index in [1.165, 1.54) is 0 Å². The van der Waals surface area contributed by atoms with E-state index in [4.69, 9.17) is 9.47 Å². The van der Waals surface area contributed by atoms with E-state index >= 15 is 0 Å². The van der Waals surface area contributed by atoms with Crippen molar-refractivity contribution in [3.05, 3.63) is 23.8 Å². The standard InChI is InChI=1S/C16H24N2O3/c1-20-15-5-4-13(12-16(15)21-2)14(19)6-10-18-9-3-7-17-8-11-18/h4-5,12,17H,3,6-11H2,1-2H3. The first-order valence-electron chi connectivity index (χ1n) is 7.43. The highest BCUT2D eigenvalue weighted by atomic mass is 16.5. The number of carbonyl (C=O) groups excluding carboxylic acids is 1. The summed E-state index contributed by atoms with van der Waals surface area (Å²) in [5.74, 6) is 1.39. The molecule has 1 aromatic rings. The van der Waals surface area contributed by atoms with Crippen molar-refractivity contribution in [2.24, 2.45) is 0 Å². The van der Waals surface area contributed by atoms with E-state index in [0.29, 0.717) is 23.5 Å². The van der Waals surface area contributed by atoms with E-state index in [-0.39, 0.29) is 5.78 Å². The van der Waals surface area contributed by atoms with Gasteiger partial charge in [-0.3, -0.25) is 4.79 Å². The first kappa shape index (κ1) is 15.8. The van der Waals surface area contributed by atoms with Crippen molar-refractivity contribution in [3.8, 4) is 11.5 Å². The Morgan fingerprint density at radius 1 is 1.19 bits per heavy atom. The van der Waals surface area contributed by atoms with E-state index in [0.717, 1.165) is 39.1 Å². The number of hydrogen-bond donors (Lipinski definition) is 1. The number of ketones is 1. The molecule has 1 aliphatic heterocycles. The summed E-state index contributed by atoms with van der Waals surface area (Å²) < 4.78 is 10.4. The van der Waals surface area contributed by atoms with Crippen LogP contribution in [-0.4, -0.2) is 57.6 Å². The van der Waals surface area contributed by atoms with E-state index in [1.807, 2.05) is 0 Å². The first-order chi connectivity index (χ1) is 10.2. The van der Waals surface area contributed by atoms with Gasteiger partial charge in [-0.2, -0.15) is 0 Å². The molecule has 1 heterocycles. The minimum atomic E-state index is 0.146. The molecular weight excluding hydrogens is 268 g/mol. The van der Waals surface area contributed by atoms with Crippen LogP contribution in [0.1, 0.15) is 23.2 Å². The van der Waals surface area contributed by atoms with Crippen LogP contribution < -0.4 is 14.8 Å². The first-order valence-corrected chi connectivity index (χ1v) is 7.43. The third-order valence-electron chi connectivity index (χ3n) is 3.79. The fraction of sp³-hybridized carbons (Fsp3) is 0.562. The molecule has 0 aromatic heterocycles. The molecule has 0 bridgehead atoms. The van der Waals surface area contributed by atoms with Gasteiger partial charge in [0.15, 0.2) is 17.3 Å². The van der Waals surface area contributed by atoms with Crippen LogP contribution in [0.2, 0.25) is 0 Å². The van der Waals surface area contributed by atoms with E-state index < -0.39 is 0 Å². The summed E-state index contributed by atoms with van der Waals surface area (Å²) in [6.45, 7) is 4.96. The van der Waals surface area contributed by atoms with E-state index in [9.17, 15) is 4.79 Å². The number of methoxy groups -OCH3 is 2. The molecule has 116 valence electrons. The molecule has 0 radical (unpaired) electrons. The smallest absolute Gasteiger partial charge is 0.164 e. The number of nitrogens with zero attached hydrogens (tertiary/aromatic N) is 1. The Hall–Kier alpha value is -1.59. The summed E-state index contributed by atoms with van der Waals surface area (Å²) in [6.07, 6.45) is 1.68. The molecule has 1 saturated heterocycles. The molecule has 0 amide bonds. The zero-order valence-electron chi connectivity index (χ0n) is 12.9. The quantitative estimate of drug-likeness (QED) is 0.807. The Morgan fingerprint density at radius 2 is 2.00 bits per heavy atom. The van der Waals surface area contributed by atoms with E-state index in [2.05, 4.69) is 10.2 Å². The molecule has 1 aromatic carbocycles.